The molecule has 0 bridgehead atoms. The molecule has 0 radical (unpaired) electrons. The Hall–Kier alpha value is -2.80. The number of primary amides is 1. The highest BCUT2D eigenvalue weighted by Crippen LogP contribution is 2.48. The highest BCUT2D eigenvalue weighted by Gasteiger charge is 2.41. The third kappa shape index (κ3) is 4.77. The Balaban J connectivity index is 1.55. The molecular formula is C24H29N5OS. The van der Waals surface area contributed by atoms with E-state index < -0.39 is 0 Å². The van der Waals surface area contributed by atoms with Crippen LogP contribution in [0.2, 0.25) is 0 Å². The van der Waals surface area contributed by atoms with E-state index in [0.717, 1.165) is 51.7 Å². The monoisotopic (exact) mass is 435 g/mol. The van der Waals surface area contributed by atoms with Crippen LogP contribution in [0.5, 0.6) is 0 Å². The Kier molecular flexibility index (Phi) is 5.79. The number of nitrogens with two attached hydrogens (primary N) is 1. The largest absolute Gasteiger partial charge is 0.369 e. The number of benzene rings is 1. The molecule has 2 heterocycles. The van der Waals surface area contributed by atoms with Gasteiger partial charge in [0.1, 0.15) is 0 Å². The van der Waals surface area contributed by atoms with Crippen LogP contribution in [0.4, 0.5) is 11.6 Å². The Labute approximate surface area is 187 Å². The summed E-state index contributed by atoms with van der Waals surface area (Å²) in [5.41, 5.74) is 9.70. The number of hydrogen-bond acceptors (Lipinski definition) is 6. The van der Waals surface area contributed by atoms with Gasteiger partial charge in [0.15, 0.2) is 0 Å². The molecule has 7 heteroatoms. The fourth-order valence-corrected chi connectivity index (χ4v) is 5.66. The molecule has 2 aromatic heterocycles. The number of nitrogens with zero attached hydrogens (tertiary/aromatic N) is 3. The molecule has 4 rings (SSSR count). The number of anilines is 2. The molecule has 162 valence electrons. The second-order valence-corrected chi connectivity index (χ2v) is 10.3. The molecular weight excluding hydrogens is 406 g/mol. The lowest BCUT2D eigenvalue weighted by Crippen LogP contribution is -2.40. The second-order valence-electron chi connectivity index (χ2n) is 9.22. The molecule has 1 aliphatic carbocycles. The summed E-state index contributed by atoms with van der Waals surface area (Å²) < 4.78 is 0. The molecule has 3 aromatic rings. The summed E-state index contributed by atoms with van der Waals surface area (Å²) in [5, 5.41) is 4.45. The van der Waals surface area contributed by atoms with Gasteiger partial charge in [0, 0.05) is 35.6 Å². The summed E-state index contributed by atoms with van der Waals surface area (Å²) in [7, 11) is 0. The van der Waals surface area contributed by atoms with Gasteiger partial charge >= 0.3 is 0 Å². The maximum atomic E-state index is 11.8. The molecule has 1 aromatic carbocycles. The highest BCUT2D eigenvalue weighted by molar-refractivity contribution is 7.15. The van der Waals surface area contributed by atoms with E-state index in [1.54, 1.807) is 17.5 Å². The van der Waals surface area contributed by atoms with E-state index in [2.05, 4.69) is 54.3 Å². The first-order chi connectivity index (χ1) is 14.7. The van der Waals surface area contributed by atoms with E-state index in [1.807, 2.05) is 19.2 Å². The van der Waals surface area contributed by atoms with Crippen molar-refractivity contribution in [1.29, 1.82) is 0 Å². The lowest BCUT2D eigenvalue weighted by atomic mass is 9.65. The van der Waals surface area contributed by atoms with Crippen LogP contribution < -0.4 is 11.1 Å². The molecule has 0 aliphatic heterocycles. The lowest BCUT2D eigenvalue weighted by Gasteiger charge is -2.40. The van der Waals surface area contributed by atoms with Crippen LogP contribution in [0.1, 0.15) is 55.3 Å². The van der Waals surface area contributed by atoms with Crippen LogP contribution in [-0.4, -0.2) is 20.9 Å². The molecule has 1 amide bonds. The number of aryl methyl sites for hydroxylation is 2. The SMILES string of the molecule is Cc1cc(Nc2nccc(C)n2)cc(-c2cnc(C3CCC(C(N)=O)C(C)(C)C3)s2)c1. The standard InChI is InChI=1S/C24H29N5OS/c1-14-9-17(11-18(10-14)29-23-26-8-7-15(2)28-23)20-13-27-22(31-20)16-5-6-19(21(25)30)24(3,4)12-16/h7-11,13,16,19H,5-6,12H2,1-4H3,(H2,25,30)(H,26,28,29). The zero-order valence-corrected chi connectivity index (χ0v) is 19.3. The molecule has 1 fully saturated rings. The smallest absolute Gasteiger partial charge is 0.227 e. The fraction of sp³-hybridized carbons (Fsp3) is 0.417. The molecule has 6 nitrogen and oxygen atoms in total. The van der Waals surface area contributed by atoms with Crippen LogP contribution in [0, 0.1) is 25.2 Å². The van der Waals surface area contributed by atoms with Gasteiger partial charge < -0.3 is 11.1 Å². The fourth-order valence-electron chi connectivity index (χ4n) is 4.62. The van der Waals surface area contributed by atoms with Crippen molar-refractivity contribution in [3.8, 4) is 10.4 Å². The van der Waals surface area contributed by atoms with Gasteiger partial charge in [-0.25, -0.2) is 15.0 Å². The third-order valence-electron chi connectivity index (χ3n) is 6.15. The molecule has 0 saturated heterocycles. The topological polar surface area (TPSA) is 93.8 Å². The van der Waals surface area contributed by atoms with Gasteiger partial charge in [-0.05, 0) is 67.9 Å². The summed E-state index contributed by atoms with van der Waals surface area (Å²) in [4.78, 5) is 26.4. The number of rotatable bonds is 5. The Bertz CT molecular complexity index is 1110. The van der Waals surface area contributed by atoms with Crippen LogP contribution in [-0.2, 0) is 4.79 Å². The van der Waals surface area contributed by atoms with E-state index >= 15 is 0 Å². The van der Waals surface area contributed by atoms with Gasteiger partial charge in [0.05, 0.1) is 9.88 Å². The number of aromatic nitrogens is 3. The molecule has 3 N–H and O–H groups in total. The van der Waals surface area contributed by atoms with Gasteiger partial charge in [0.2, 0.25) is 11.9 Å². The lowest BCUT2D eigenvalue weighted by molar-refractivity contribution is -0.127. The zero-order valence-electron chi connectivity index (χ0n) is 18.5. The highest BCUT2D eigenvalue weighted by atomic mass is 32.1. The van der Waals surface area contributed by atoms with E-state index in [-0.39, 0.29) is 17.2 Å². The predicted molar refractivity (Wildman–Crippen MR) is 125 cm³/mol. The summed E-state index contributed by atoms with van der Waals surface area (Å²) in [6, 6.07) is 8.26. The first kappa shape index (κ1) is 21.4. The molecule has 31 heavy (non-hydrogen) atoms. The number of thiazole rings is 1. The van der Waals surface area contributed by atoms with Crippen molar-refractivity contribution in [3.63, 3.8) is 0 Å². The predicted octanol–water partition coefficient (Wildman–Crippen LogP) is 5.36. The molecule has 0 spiro atoms. The Morgan fingerprint density at radius 1 is 1.19 bits per heavy atom. The van der Waals surface area contributed by atoms with E-state index in [4.69, 9.17) is 10.7 Å². The normalized spacial score (nSPS) is 20.4. The van der Waals surface area contributed by atoms with Crippen LogP contribution in [0.15, 0.2) is 36.7 Å². The number of nitrogens with one attached hydrogen (secondary N) is 1. The number of carbonyl (C=O) groups is 1. The first-order valence-electron chi connectivity index (χ1n) is 10.6. The molecule has 2 atom stereocenters. The number of hydrogen-bond donors (Lipinski definition) is 2. The van der Waals surface area contributed by atoms with E-state index in [0.29, 0.717) is 11.9 Å². The van der Waals surface area contributed by atoms with Crippen molar-refractivity contribution in [2.24, 2.45) is 17.1 Å². The Morgan fingerprint density at radius 2 is 2.00 bits per heavy atom. The van der Waals surface area contributed by atoms with Crippen molar-refractivity contribution < 1.29 is 4.79 Å². The maximum absolute atomic E-state index is 11.8. The summed E-state index contributed by atoms with van der Waals surface area (Å²) in [5.74, 6) is 0.723. The minimum atomic E-state index is -0.180. The quantitative estimate of drug-likeness (QED) is 0.563. The van der Waals surface area contributed by atoms with Crippen LogP contribution in [0.3, 0.4) is 0 Å². The van der Waals surface area contributed by atoms with Gasteiger partial charge in [0.25, 0.3) is 0 Å². The van der Waals surface area contributed by atoms with Gasteiger partial charge in [-0.15, -0.1) is 11.3 Å². The van der Waals surface area contributed by atoms with Crippen LogP contribution >= 0.6 is 11.3 Å². The van der Waals surface area contributed by atoms with Crippen molar-refractivity contribution in [1.82, 2.24) is 15.0 Å². The number of carbonyl (C=O) groups excluding carboxylic acids is 1. The van der Waals surface area contributed by atoms with Gasteiger partial charge in [-0.2, -0.15) is 0 Å². The zero-order chi connectivity index (χ0) is 22.2. The Morgan fingerprint density at radius 3 is 2.71 bits per heavy atom. The van der Waals surface area contributed by atoms with Crippen molar-refractivity contribution >= 4 is 28.9 Å². The van der Waals surface area contributed by atoms with Crippen molar-refractivity contribution in [2.45, 2.75) is 52.9 Å². The van der Waals surface area contributed by atoms with Gasteiger partial charge in [-0.1, -0.05) is 19.9 Å². The molecule has 1 aliphatic rings. The van der Waals surface area contributed by atoms with Gasteiger partial charge in [-0.3, -0.25) is 4.79 Å². The van der Waals surface area contributed by atoms with Crippen molar-refractivity contribution in [2.75, 3.05) is 5.32 Å². The first-order valence-corrected chi connectivity index (χ1v) is 11.5. The minimum absolute atomic E-state index is 0.0579. The van der Waals surface area contributed by atoms with E-state index in [1.165, 1.54) is 0 Å². The molecule has 2 unspecified atom stereocenters. The second kappa shape index (κ2) is 8.38. The summed E-state index contributed by atoms with van der Waals surface area (Å²) in [6.07, 6.45) is 6.44. The maximum Gasteiger partial charge on any atom is 0.227 e. The third-order valence-corrected chi connectivity index (χ3v) is 7.36. The van der Waals surface area contributed by atoms with Crippen molar-refractivity contribution in [3.05, 3.63) is 52.9 Å². The molecule has 1 saturated carbocycles. The number of amides is 1. The summed E-state index contributed by atoms with van der Waals surface area (Å²) >= 11 is 1.74. The summed E-state index contributed by atoms with van der Waals surface area (Å²) in [6.45, 7) is 8.33. The minimum Gasteiger partial charge on any atom is -0.369 e. The average molecular weight is 436 g/mol. The average Bonchev–Trinajstić information content (AvgIpc) is 3.16. The van der Waals surface area contributed by atoms with Crippen LogP contribution in [0.25, 0.3) is 10.4 Å². The van der Waals surface area contributed by atoms with E-state index in [9.17, 15) is 4.79 Å².